The summed E-state index contributed by atoms with van der Waals surface area (Å²) >= 11 is 0. The largest absolute Gasteiger partial charge is 0.344 e. The molecule has 1 N–H and O–H groups in total. The van der Waals surface area contributed by atoms with Crippen LogP contribution >= 0.6 is 0 Å². The van der Waals surface area contributed by atoms with Gasteiger partial charge in [0, 0.05) is 25.9 Å². The summed E-state index contributed by atoms with van der Waals surface area (Å²) in [5, 5.41) is 22.0. The van der Waals surface area contributed by atoms with E-state index >= 15 is 0 Å². The minimum atomic E-state index is -0.586. The van der Waals surface area contributed by atoms with Gasteiger partial charge in [-0.15, -0.1) is 0 Å². The number of hydrogen-bond donors (Lipinski definition) is 1. The number of nitrogens with zero attached hydrogens (tertiary/aromatic N) is 5. The summed E-state index contributed by atoms with van der Waals surface area (Å²) in [6.07, 6.45) is 1.80. The lowest BCUT2D eigenvalue weighted by atomic mass is 10.1. The van der Waals surface area contributed by atoms with Crippen LogP contribution in [0.15, 0.2) is 6.20 Å². The Morgan fingerprint density at radius 1 is 1.36 bits per heavy atom. The van der Waals surface area contributed by atoms with Crippen molar-refractivity contribution in [2.45, 2.75) is 26.8 Å². The van der Waals surface area contributed by atoms with E-state index < -0.39 is 10.8 Å². The molecule has 0 unspecified atom stereocenters. The van der Waals surface area contributed by atoms with Crippen molar-refractivity contribution < 1.29 is 9.72 Å². The molecule has 2 aromatic heterocycles. The molecule has 0 bridgehead atoms. The monoisotopic (exact) mass is 306 g/mol. The summed E-state index contributed by atoms with van der Waals surface area (Å²) in [5.41, 5.74) is 1.53. The maximum atomic E-state index is 12.3. The Bertz CT molecular complexity index is 745. The molecule has 0 saturated carbocycles. The van der Waals surface area contributed by atoms with Crippen LogP contribution in [-0.2, 0) is 14.1 Å². The Balaban J connectivity index is 2.28. The van der Waals surface area contributed by atoms with Crippen LogP contribution in [0.3, 0.4) is 0 Å². The first-order valence-corrected chi connectivity index (χ1v) is 6.71. The number of aromatic nitrogens is 4. The second kappa shape index (κ2) is 5.58. The minimum Gasteiger partial charge on any atom is -0.344 e. The van der Waals surface area contributed by atoms with Gasteiger partial charge >= 0.3 is 5.69 Å². The first kappa shape index (κ1) is 15.7. The average Bonchev–Trinajstić information content (AvgIpc) is 2.90. The molecule has 0 saturated heterocycles. The van der Waals surface area contributed by atoms with Gasteiger partial charge in [0.1, 0.15) is 5.69 Å². The van der Waals surface area contributed by atoms with E-state index in [1.54, 1.807) is 38.8 Å². The molecule has 0 aliphatic carbocycles. The van der Waals surface area contributed by atoms with Crippen molar-refractivity contribution in [2.24, 2.45) is 14.1 Å². The van der Waals surface area contributed by atoms with E-state index in [-0.39, 0.29) is 17.4 Å². The second-order valence-electron chi connectivity index (χ2n) is 5.20. The molecule has 1 atom stereocenters. The fraction of sp³-hybridized carbons (Fsp3) is 0.462. The van der Waals surface area contributed by atoms with Crippen LogP contribution in [0.2, 0.25) is 0 Å². The van der Waals surface area contributed by atoms with Crippen molar-refractivity contribution in [3.05, 3.63) is 39.0 Å². The van der Waals surface area contributed by atoms with Gasteiger partial charge in [-0.05, 0) is 20.8 Å². The highest BCUT2D eigenvalue weighted by molar-refractivity contribution is 5.96. The van der Waals surface area contributed by atoms with Crippen LogP contribution in [-0.4, -0.2) is 30.4 Å². The van der Waals surface area contributed by atoms with Gasteiger partial charge in [0.05, 0.1) is 16.7 Å². The SMILES string of the molecule is Cc1nn(C)cc1[C@@H](C)NC(=O)c1nn(C)c(C)c1[N+](=O)[O-]. The van der Waals surface area contributed by atoms with E-state index in [1.807, 2.05) is 6.92 Å². The Labute approximate surface area is 127 Å². The Hall–Kier alpha value is -2.71. The van der Waals surface area contributed by atoms with Crippen molar-refractivity contribution in [1.29, 1.82) is 0 Å². The number of amides is 1. The molecule has 0 aliphatic rings. The van der Waals surface area contributed by atoms with E-state index in [0.717, 1.165) is 11.3 Å². The lowest BCUT2D eigenvalue weighted by Gasteiger charge is -2.11. The van der Waals surface area contributed by atoms with Crippen LogP contribution < -0.4 is 5.32 Å². The molecule has 118 valence electrons. The van der Waals surface area contributed by atoms with Crippen molar-refractivity contribution in [2.75, 3.05) is 0 Å². The van der Waals surface area contributed by atoms with E-state index in [2.05, 4.69) is 15.5 Å². The van der Waals surface area contributed by atoms with Gasteiger partial charge in [-0.3, -0.25) is 24.3 Å². The lowest BCUT2D eigenvalue weighted by molar-refractivity contribution is -0.385. The topological polar surface area (TPSA) is 108 Å². The highest BCUT2D eigenvalue weighted by Crippen LogP contribution is 2.23. The predicted molar refractivity (Wildman–Crippen MR) is 78.4 cm³/mol. The molecule has 22 heavy (non-hydrogen) atoms. The van der Waals surface area contributed by atoms with Crippen LogP contribution in [0.25, 0.3) is 0 Å². The van der Waals surface area contributed by atoms with Gasteiger partial charge in [-0.2, -0.15) is 10.2 Å². The summed E-state index contributed by atoms with van der Waals surface area (Å²) in [6, 6.07) is -0.330. The number of carbonyl (C=O) groups is 1. The Kier molecular flexibility index (Phi) is 3.98. The summed E-state index contributed by atoms with van der Waals surface area (Å²) in [6.45, 7) is 5.19. The third-order valence-electron chi connectivity index (χ3n) is 3.57. The summed E-state index contributed by atoms with van der Waals surface area (Å²) in [5.74, 6) is -0.578. The molecule has 2 aromatic rings. The van der Waals surface area contributed by atoms with Gasteiger partial charge < -0.3 is 5.32 Å². The molecular formula is C13H18N6O3. The van der Waals surface area contributed by atoms with Gasteiger partial charge in [-0.25, -0.2) is 0 Å². The van der Waals surface area contributed by atoms with Crippen LogP contribution in [0.4, 0.5) is 5.69 Å². The first-order chi connectivity index (χ1) is 10.2. The number of carbonyl (C=O) groups excluding carboxylic acids is 1. The van der Waals surface area contributed by atoms with Crippen LogP contribution in [0.1, 0.15) is 40.4 Å². The van der Waals surface area contributed by atoms with Crippen LogP contribution in [0, 0.1) is 24.0 Å². The van der Waals surface area contributed by atoms with Crippen LogP contribution in [0.5, 0.6) is 0 Å². The summed E-state index contributed by atoms with van der Waals surface area (Å²) < 4.78 is 2.98. The van der Waals surface area contributed by atoms with Gasteiger partial charge in [0.15, 0.2) is 0 Å². The third kappa shape index (κ3) is 2.69. The second-order valence-corrected chi connectivity index (χ2v) is 5.20. The molecule has 0 fully saturated rings. The van der Waals surface area contributed by atoms with Gasteiger partial charge in [0.2, 0.25) is 5.69 Å². The Morgan fingerprint density at radius 3 is 2.50 bits per heavy atom. The smallest absolute Gasteiger partial charge is 0.322 e. The van der Waals surface area contributed by atoms with E-state index in [1.165, 1.54) is 4.68 Å². The van der Waals surface area contributed by atoms with E-state index in [9.17, 15) is 14.9 Å². The number of nitro groups is 1. The highest BCUT2D eigenvalue weighted by atomic mass is 16.6. The van der Waals surface area contributed by atoms with E-state index in [4.69, 9.17) is 0 Å². The van der Waals surface area contributed by atoms with Gasteiger partial charge in [0.25, 0.3) is 5.91 Å². The lowest BCUT2D eigenvalue weighted by Crippen LogP contribution is -2.28. The number of aryl methyl sites for hydroxylation is 3. The van der Waals surface area contributed by atoms with Crippen molar-refractivity contribution in [3.63, 3.8) is 0 Å². The zero-order valence-electron chi connectivity index (χ0n) is 13.1. The first-order valence-electron chi connectivity index (χ1n) is 6.71. The molecule has 9 heteroatoms. The molecule has 2 heterocycles. The zero-order chi connectivity index (χ0) is 16.6. The quantitative estimate of drug-likeness (QED) is 0.674. The average molecular weight is 306 g/mol. The number of nitrogens with one attached hydrogen (secondary N) is 1. The number of hydrogen-bond acceptors (Lipinski definition) is 5. The van der Waals surface area contributed by atoms with Gasteiger partial charge in [-0.1, -0.05) is 0 Å². The fourth-order valence-electron chi connectivity index (χ4n) is 2.35. The highest BCUT2D eigenvalue weighted by Gasteiger charge is 2.30. The minimum absolute atomic E-state index is 0.182. The molecule has 2 rings (SSSR count). The molecular weight excluding hydrogens is 288 g/mol. The summed E-state index contributed by atoms with van der Waals surface area (Å²) in [4.78, 5) is 22.9. The van der Waals surface area contributed by atoms with Crippen molar-refractivity contribution >= 4 is 11.6 Å². The normalized spacial score (nSPS) is 12.2. The maximum absolute atomic E-state index is 12.3. The Morgan fingerprint density at radius 2 is 2.00 bits per heavy atom. The third-order valence-corrected chi connectivity index (χ3v) is 3.57. The van der Waals surface area contributed by atoms with Crippen molar-refractivity contribution in [1.82, 2.24) is 24.9 Å². The van der Waals surface area contributed by atoms with E-state index in [0.29, 0.717) is 5.69 Å². The fourth-order valence-corrected chi connectivity index (χ4v) is 2.35. The molecule has 0 spiro atoms. The maximum Gasteiger partial charge on any atom is 0.322 e. The molecule has 0 aliphatic heterocycles. The predicted octanol–water partition coefficient (Wildman–Crippen LogP) is 1.17. The molecule has 0 aromatic carbocycles. The van der Waals surface area contributed by atoms with Crippen molar-refractivity contribution in [3.8, 4) is 0 Å². The molecule has 9 nitrogen and oxygen atoms in total. The molecule has 1 amide bonds. The molecule has 0 radical (unpaired) electrons. The standard InChI is InChI=1S/C13H18N6O3/c1-7(10-6-17(4)15-8(10)2)14-13(20)11-12(19(21)22)9(3)18(5)16-11/h6-7H,1-5H3,(H,14,20)/t7-/m1/s1. The zero-order valence-corrected chi connectivity index (χ0v) is 13.1. The number of rotatable bonds is 4. The summed E-state index contributed by atoms with van der Waals surface area (Å²) in [7, 11) is 3.35.